The summed E-state index contributed by atoms with van der Waals surface area (Å²) in [6, 6.07) is 5.74. The zero-order valence-corrected chi connectivity index (χ0v) is 21.5. The number of nitrogens with two attached hydrogens (primary N) is 1. The molecular formula is C19H16N6O10S3. The largest absolute Gasteiger partial charge is 0.382 e. The highest BCUT2D eigenvalue weighted by molar-refractivity contribution is 7.94. The molecule has 1 aromatic heterocycles. The van der Waals surface area contributed by atoms with E-state index in [-0.39, 0.29) is 44.1 Å². The van der Waals surface area contributed by atoms with Gasteiger partial charge in [0.25, 0.3) is 20.2 Å². The lowest BCUT2D eigenvalue weighted by atomic mass is 10.1. The van der Waals surface area contributed by atoms with E-state index >= 15 is 0 Å². The van der Waals surface area contributed by atoms with E-state index < -0.39 is 41.6 Å². The lowest BCUT2D eigenvalue weighted by Gasteiger charge is -2.12. The molecule has 3 rings (SSSR count). The summed E-state index contributed by atoms with van der Waals surface area (Å²) in [6.07, 6.45) is 0. The fourth-order valence-electron chi connectivity index (χ4n) is 3.26. The summed E-state index contributed by atoms with van der Waals surface area (Å²) >= 11 is 0.327. The number of amides is 1. The molecule has 0 aliphatic heterocycles. The topological polar surface area (TPSA) is 264 Å². The first-order valence-corrected chi connectivity index (χ1v) is 13.4. The molecule has 0 saturated heterocycles. The predicted octanol–water partition coefficient (Wildman–Crippen LogP) is 3.29. The average Bonchev–Trinajstić information content (AvgIpc) is 2.80. The molecule has 38 heavy (non-hydrogen) atoms. The third-order valence-electron chi connectivity index (χ3n) is 4.79. The fraction of sp³-hybridized carbons (Fsp3) is 0.105. The van der Waals surface area contributed by atoms with Crippen molar-refractivity contribution in [1.29, 1.82) is 5.26 Å². The molecule has 0 aliphatic carbocycles. The van der Waals surface area contributed by atoms with Crippen molar-refractivity contribution in [3.8, 4) is 6.07 Å². The summed E-state index contributed by atoms with van der Waals surface area (Å²) in [5.41, 5.74) is 5.16. The van der Waals surface area contributed by atoms with Gasteiger partial charge in [-0.3, -0.25) is 13.9 Å². The number of pyridine rings is 1. The van der Waals surface area contributed by atoms with E-state index in [1.54, 1.807) is 0 Å². The van der Waals surface area contributed by atoms with Crippen molar-refractivity contribution in [2.75, 3.05) is 11.1 Å². The van der Waals surface area contributed by atoms with Crippen molar-refractivity contribution in [2.45, 2.75) is 28.5 Å². The van der Waals surface area contributed by atoms with Crippen LogP contribution in [0.5, 0.6) is 0 Å². The Morgan fingerprint density at radius 2 is 1.79 bits per heavy atom. The predicted molar refractivity (Wildman–Crippen MR) is 131 cm³/mol. The Morgan fingerprint density at radius 3 is 2.34 bits per heavy atom. The van der Waals surface area contributed by atoms with Gasteiger partial charge < -0.3 is 11.1 Å². The minimum atomic E-state index is -4.98. The van der Waals surface area contributed by atoms with E-state index in [4.69, 9.17) is 11.0 Å². The van der Waals surface area contributed by atoms with Gasteiger partial charge in [0, 0.05) is 22.8 Å². The molecule has 16 nitrogen and oxygen atoms in total. The number of benzene rings is 2. The first-order valence-electron chi connectivity index (χ1n) is 9.78. The number of carbonyl (C=O) groups is 1. The Bertz CT molecular complexity index is 1750. The highest BCUT2D eigenvalue weighted by Crippen LogP contribution is 2.38. The van der Waals surface area contributed by atoms with Crippen LogP contribution in [0.1, 0.15) is 18.1 Å². The molecule has 3 aromatic rings. The second kappa shape index (κ2) is 10.9. The minimum absolute atomic E-state index is 0.0485. The maximum atomic E-state index is 12.1. The van der Waals surface area contributed by atoms with Crippen LogP contribution in [0.2, 0.25) is 0 Å². The number of aromatic nitrogens is 1. The van der Waals surface area contributed by atoms with Crippen LogP contribution in [0.25, 0.3) is 10.8 Å². The minimum Gasteiger partial charge on any atom is -0.382 e. The fourth-order valence-corrected chi connectivity index (χ4v) is 5.16. The van der Waals surface area contributed by atoms with E-state index in [0.29, 0.717) is 12.0 Å². The van der Waals surface area contributed by atoms with E-state index in [2.05, 4.69) is 29.9 Å². The van der Waals surface area contributed by atoms with Gasteiger partial charge in [-0.25, -0.2) is 10.2 Å². The van der Waals surface area contributed by atoms with Crippen LogP contribution in [0.15, 0.2) is 49.2 Å². The summed E-state index contributed by atoms with van der Waals surface area (Å²) in [4.78, 5) is 13.7. The van der Waals surface area contributed by atoms with Gasteiger partial charge in [0.2, 0.25) is 5.91 Å². The van der Waals surface area contributed by atoms with Crippen molar-refractivity contribution in [3.05, 3.63) is 35.4 Å². The number of carbonyl (C=O) groups excluding carboxylic acids is 1. The molecule has 0 spiro atoms. The lowest BCUT2D eigenvalue weighted by Crippen LogP contribution is -2.11. The number of anilines is 2. The Balaban J connectivity index is 2.30. The third-order valence-corrected chi connectivity index (χ3v) is 7.12. The van der Waals surface area contributed by atoms with Crippen LogP contribution in [0.4, 0.5) is 23.0 Å². The molecule has 6 N–H and O–H groups in total. The van der Waals surface area contributed by atoms with Gasteiger partial charge in [-0.2, -0.15) is 22.1 Å². The van der Waals surface area contributed by atoms with Gasteiger partial charge in [-0.1, -0.05) is 5.04 Å². The highest BCUT2D eigenvalue weighted by atomic mass is 32.2. The van der Waals surface area contributed by atoms with Gasteiger partial charge in [0.05, 0.1) is 12.0 Å². The van der Waals surface area contributed by atoms with Crippen LogP contribution >= 0.6 is 12.0 Å². The number of hydrogen-bond donors (Lipinski definition) is 5. The Hall–Kier alpha value is -3.74. The molecular weight excluding hydrogens is 568 g/mol. The van der Waals surface area contributed by atoms with Crippen LogP contribution < -0.4 is 11.1 Å². The first-order chi connectivity index (χ1) is 17.7. The molecule has 1 heterocycles. The van der Waals surface area contributed by atoms with Crippen molar-refractivity contribution in [1.82, 2.24) is 4.98 Å². The lowest BCUT2D eigenvalue weighted by molar-refractivity contribution is -0.432. The van der Waals surface area contributed by atoms with Crippen molar-refractivity contribution < 1.29 is 45.4 Å². The number of nitrogens with zero attached hydrogens (tertiary/aromatic N) is 4. The molecule has 0 bridgehead atoms. The molecule has 0 aliphatic rings. The number of azo groups is 1. The molecule has 0 fully saturated rings. The van der Waals surface area contributed by atoms with E-state index in [9.17, 15) is 36.0 Å². The maximum Gasteiger partial charge on any atom is 0.296 e. The van der Waals surface area contributed by atoms with Crippen molar-refractivity contribution >= 4 is 72.0 Å². The van der Waals surface area contributed by atoms with Crippen LogP contribution in [-0.2, 0) is 34.4 Å². The molecule has 0 atom stereocenters. The molecule has 19 heteroatoms. The molecule has 0 unspecified atom stereocenters. The SMILES string of the molecule is CC(=O)Nc1nc(N)c(/N=N/c2cc3c(S(=O)(=O)O)cc(SOOO)cc3cc2S(=O)(=O)O)c(C)c1C#N. The highest BCUT2D eigenvalue weighted by Gasteiger charge is 2.23. The molecule has 200 valence electrons. The number of rotatable bonds is 8. The Labute approximate surface area is 218 Å². The smallest absolute Gasteiger partial charge is 0.296 e. The molecule has 0 saturated carbocycles. The number of nitrogens with one attached hydrogen (secondary N) is 1. The van der Waals surface area contributed by atoms with Crippen LogP contribution in [0.3, 0.4) is 0 Å². The summed E-state index contributed by atoms with van der Waals surface area (Å²) in [5.74, 6) is -0.960. The number of fused-ring (bicyclic) bond motifs is 1. The molecule has 0 radical (unpaired) electrons. The summed E-state index contributed by atoms with van der Waals surface area (Å²) in [7, 11) is -9.88. The zero-order chi connectivity index (χ0) is 28.4. The molecule has 1 amide bonds. The van der Waals surface area contributed by atoms with Gasteiger partial charge in [-0.15, -0.1) is 14.6 Å². The van der Waals surface area contributed by atoms with Gasteiger partial charge in [-0.05, 0) is 36.6 Å². The van der Waals surface area contributed by atoms with Crippen LogP contribution in [0, 0.1) is 18.3 Å². The number of hydrogen-bond acceptors (Lipinski definition) is 14. The standard InChI is InChI=1S/C19H16N6O10S3/c1-8-13(7-20)19(22-9(2)26)23-18(21)17(8)25-24-14-6-12-10(4-16(14)38(31,32)33)3-11(36-35-34-27)5-15(12)37(28,29)30/h3-6,27H,1-2H3,(H,28,29,30)(H,31,32,33)(H3,21,22,23,26)/b25-24+. The van der Waals surface area contributed by atoms with Gasteiger partial charge in [0.1, 0.15) is 32.8 Å². The van der Waals surface area contributed by atoms with E-state index in [1.165, 1.54) is 19.9 Å². The van der Waals surface area contributed by atoms with Gasteiger partial charge in [0.15, 0.2) is 11.6 Å². The second-order valence-corrected chi connectivity index (χ2v) is 10.9. The van der Waals surface area contributed by atoms with Crippen molar-refractivity contribution in [2.24, 2.45) is 10.2 Å². The summed E-state index contributed by atoms with van der Waals surface area (Å²) < 4.78 is 72.0. The zero-order valence-electron chi connectivity index (χ0n) is 19.1. The third kappa shape index (κ3) is 6.21. The molecule has 2 aromatic carbocycles. The van der Waals surface area contributed by atoms with Crippen molar-refractivity contribution in [3.63, 3.8) is 0 Å². The number of nitriles is 1. The Kier molecular flexibility index (Phi) is 8.30. The number of nitrogen functional groups attached to an aromatic ring is 1. The first kappa shape index (κ1) is 28.8. The van der Waals surface area contributed by atoms with Gasteiger partial charge >= 0.3 is 0 Å². The normalized spacial score (nSPS) is 12.1. The average molecular weight is 585 g/mol. The summed E-state index contributed by atoms with van der Waals surface area (Å²) in [6.45, 7) is 2.60. The van der Waals surface area contributed by atoms with Crippen LogP contribution in [-0.4, -0.2) is 42.1 Å². The second-order valence-electron chi connectivity index (χ2n) is 7.33. The Morgan fingerprint density at radius 1 is 1.13 bits per heavy atom. The van der Waals surface area contributed by atoms with E-state index in [0.717, 1.165) is 18.2 Å². The quantitative estimate of drug-likeness (QED) is 0.0836. The monoisotopic (exact) mass is 584 g/mol. The maximum absolute atomic E-state index is 12.1. The van der Waals surface area contributed by atoms with E-state index in [1.807, 2.05) is 6.07 Å². The summed E-state index contributed by atoms with van der Waals surface area (Å²) in [5, 5.41) is 30.9.